The summed E-state index contributed by atoms with van der Waals surface area (Å²) < 4.78 is 3.56. The van der Waals surface area contributed by atoms with Gasteiger partial charge in [-0.1, -0.05) is 28.9 Å². The van der Waals surface area contributed by atoms with Gasteiger partial charge in [-0.15, -0.1) is 11.3 Å². The second-order valence-electron chi connectivity index (χ2n) is 4.04. The van der Waals surface area contributed by atoms with Crippen LogP contribution in [0.2, 0.25) is 0 Å². The van der Waals surface area contributed by atoms with Crippen molar-refractivity contribution in [2.45, 2.75) is 13.3 Å². The van der Waals surface area contributed by atoms with E-state index in [1.165, 1.54) is 20.2 Å². The number of aryl methyl sites for hydroxylation is 1. The number of hydrogen-bond donors (Lipinski definition) is 1. The number of benzene rings is 2. The fourth-order valence-electron chi connectivity index (χ4n) is 2.20. The Bertz CT molecular complexity index is 715. The van der Waals surface area contributed by atoms with Crippen LogP contribution in [0.1, 0.15) is 12.5 Å². The molecule has 1 N–H and O–H groups in total. The third-order valence-corrected chi connectivity index (χ3v) is 4.76. The van der Waals surface area contributed by atoms with E-state index in [4.69, 9.17) is 0 Å². The van der Waals surface area contributed by atoms with E-state index in [-0.39, 0.29) is 0 Å². The molecule has 0 amide bonds. The summed E-state index contributed by atoms with van der Waals surface area (Å²) in [4.78, 5) is 0. The lowest BCUT2D eigenvalue weighted by molar-refractivity contribution is 0.470. The molecule has 17 heavy (non-hydrogen) atoms. The van der Waals surface area contributed by atoms with E-state index in [9.17, 15) is 5.11 Å². The Balaban J connectivity index is 2.50. The lowest BCUT2D eigenvalue weighted by Gasteiger charge is -2.02. The van der Waals surface area contributed by atoms with Crippen molar-refractivity contribution >= 4 is 47.4 Å². The van der Waals surface area contributed by atoms with Crippen molar-refractivity contribution in [1.82, 2.24) is 0 Å². The molecule has 0 unspecified atom stereocenters. The van der Waals surface area contributed by atoms with Crippen LogP contribution in [0.4, 0.5) is 0 Å². The van der Waals surface area contributed by atoms with Gasteiger partial charge in [0.15, 0.2) is 0 Å². The zero-order chi connectivity index (χ0) is 12.0. The van der Waals surface area contributed by atoms with Crippen molar-refractivity contribution in [1.29, 1.82) is 0 Å². The van der Waals surface area contributed by atoms with Crippen molar-refractivity contribution in [2.75, 3.05) is 0 Å². The van der Waals surface area contributed by atoms with Crippen LogP contribution >= 0.6 is 27.3 Å². The molecule has 3 rings (SSSR count). The standard InChI is InChI=1S/C14H11BrOS/c1-2-9-12(16)6-5-11-10-4-3-8(15)7-13(10)17-14(9)11/h3-7,16H,2H2,1H3. The van der Waals surface area contributed by atoms with Gasteiger partial charge in [0.25, 0.3) is 0 Å². The van der Waals surface area contributed by atoms with Crippen LogP contribution < -0.4 is 0 Å². The Morgan fingerprint density at radius 2 is 1.94 bits per heavy atom. The number of thiophene rings is 1. The molecule has 0 saturated carbocycles. The summed E-state index contributed by atoms with van der Waals surface area (Å²) in [5.41, 5.74) is 1.06. The predicted molar refractivity (Wildman–Crippen MR) is 78.1 cm³/mol. The average Bonchev–Trinajstić information content (AvgIpc) is 2.66. The summed E-state index contributed by atoms with van der Waals surface area (Å²) in [5.74, 6) is 0.408. The van der Waals surface area contributed by atoms with E-state index in [0.717, 1.165) is 16.5 Å². The van der Waals surface area contributed by atoms with Crippen molar-refractivity contribution in [3.63, 3.8) is 0 Å². The number of aromatic hydroxyl groups is 1. The molecule has 3 aromatic rings. The van der Waals surface area contributed by atoms with E-state index in [0.29, 0.717) is 5.75 Å². The van der Waals surface area contributed by atoms with Gasteiger partial charge in [-0.05, 0) is 30.7 Å². The summed E-state index contributed by atoms with van der Waals surface area (Å²) in [5, 5.41) is 12.4. The van der Waals surface area contributed by atoms with Crippen LogP contribution in [0, 0.1) is 0 Å². The van der Waals surface area contributed by atoms with Crippen LogP contribution in [0.5, 0.6) is 5.75 Å². The molecule has 0 fully saturated rings. The van der Waals surface area contributed by atoms with E-state index in [1.807, 2.05) is 6.07 Å². The normalized spacial score (nSPS) is 11.4. The molecule has 1 nitrogen and oxygen atoms in total. The summed E-state index contributed by atoms with van der Waals surface area (Å²) in [6.07, 6.45) is 0.858. The zero-order valence-corrected chi connectivity index (χ0v) is 11.7. The number of phenols is 1. The molecule has 0 aliphatic heterocycles. The number of rotatable bonds is 1. The second-order valence-corrected chi connectivity index (χ2v) is 6.00. The molecule has 3 heteroatoms. The maximum Gasteiger partial charge on any atom is 0.120 e. The molecule has 0 radical (unpaired) electrons. The first kappa shape index (κ1) is 11.1. The van der Waals surface area contributed by atoms with Crippen molar-refractivity contribution in [2.24, 2.45) is 0 Å². The SMILES string of the molecule is CCc1c(O)ccc2c1sc1cc(Br)ccc12. The van der Waals surface area contributed by atoms with Crippen molar-refractivity contribution in [3.8, 4) is 5.75 Å². The van der Waals surface area contributed by atoms with Gasteiger partial charge < -0.3 is 5.11 Å². The van der Waals surface area contributed by atoms with Crippen LogP contribution in [0.25, 0.3) is 20.2 Å². The number of fused-ring (bicyclic) bond motifs is 3. The van der Waals surface area contributed by atoms with E-state index in [2.05, 4.69) is 41.1 Å². The maximum absolute atomic E-state index is 9.89. The predicted octanol–water partition coefficient (Wildman–Crippen LogP) is 5.09. The van der Waals surface area contributed by atoms with Crippen LogP contribution in [-0.2, 0) is 6.42 Å². The van der Waals surface area contributed by atoms with Crippen molar-refractivity contribution in [3.05, 3.63) is 40.4 Å². The fraction of sp³-hybridized carbons (Fsp3) is 0.143. The quantitative estimate of drug-likeness (QED) is 0.664. The highest BCUT2D eigenvalue weighted by Gasteiger charge is 2.11. The highest BCUT2D eigenvalue weighted by molar-refractivity contribution is 9.10. The Morgan fingerprint density at radius 1 is 1.18 bits per heavy atom. The molecule has 86 valence electrons. The van der Waals surface area contributed by atoms with Crippen LogP contribution in [0.15, 0.2) is 34.8 Å². The Hall–Kier alpha value is -1.06. The first-order chi connectivity index (χ1) is 8.20. The lowest BCUT2D eigenvalue weighted by atomic mass is 10.1. The van der Waals surface area contributed by atoms with E-state index < -0.39 is 0 Å². The van der Waals surface area contributed by atoms with Gasteiger partial charge in [0, 0.05) is 30.2 Å². The molecule has 0 bridgehead atoms. The maximum atomic E-state index is 9.89. The Kier molecular flexibility index (Phi) is 2.60. The number of phenolic OH excluding ortho intramolecular Hbond substituents is 1. The molecule has 0 atom stereocenters. The Morgan fingerprint density at radius 3 is 2.71 bits per heavy atom. The lowest BCUT2D eigenvalue weighted by Crippen LogP contribution is -1.80. The number of hydrogen-bond acceptors (Lipinski definition) is 2. The zero-order valence-electron chi connectivity index (χ0n) is 9.33. The van der Waals surface area contributed by atoms with Gasteiger partial charge >= 0.3 is 0 Å². The highest BCUT2D eigenvalue weighted by atomic mass is 79.9. The van der Waals surface area contributed by atoms with Crippen LogP contribution in [0.3, 0.4) is 0 Å². The monoisotopic (exact) mass is 306 g/mol. The summed E-state index contributed by atoms with van der Waals surface area (Å²) in [6, 6.07) is 10.1. The third-order valence-electron chi connectivity index (χ3n) is 3.04. The van der Waals surface area contributed by atoms with Gasteiger partial charge in [-0.2, -0.15) is 0 Å². The van der Waals surface area contributed by atoms with E-state index in [1.54, 1.807) is 17.4 Å². The summed E-state index contributed by atoms with van der Waals surface area (Å²) in [7, 11) is 0. The summed E-state index contributed by atoms with van der Waals surface area (Å²) >= 11 is 5.25. The van der Waals surface area contributed by atoms with Crippen molar-refractivity contribution < 1.29 is 5.11 Å². The first-order valence-corrected chi connectivity index (χ1v) is 7.14. The van der Waals surface area contributed by atoms with Gasteiger partial charge in [0.2, 0.25) is 0 Å². The third kappa shape index (κ3) is 1.65. The second kappa shape index (κ2) is 4.00. The van der Waals surface area contributed by atoms with Crippen LogP contribution in [-0.4, -0.2) is 5.11 Å². The van der Waals surface area contributed by atoms with Gasteiger partial charge in [0.1, 0.15) is 5.75 Å². The minimum absolute atomic E-state index is 0.408. The topological polar surface area (TPSA) is 20.2 Å². The Labute approximate surface area is 112 Å². The molecule has 0 saturated heterocycles. The van der Waals surface area contributed by atoms with Gasteiger partial charge in [-0.25, -0.2) is 0 Å². The molecule has 1 aromatic heterocycles. The minimum Gasteiger partial charge on any atom is -0.508 e. The fourth-order valence-corrected chi connectivity index (χ4v) is 4.07. The molecule has 0 aliphatic rings. The molecule has 2 aromatic carbocycles. The molecule has 0 spiro atoms. The smallest absolute Gasteiger partial charge is 0.120 e. The largest absolute Gasteiger partial charge is 0.508 e. The molecular formula is C14H11BrOS. The van der Waals surface area contributed by atoms with Gasteiger partial charge in [0.05, 0.1) is 0 Å². The number of halogens is 1. The van der Waals surface area contributed by atoms with E-state index >= 15 is 0 Å². The summed E-state index contributed by atoms with van der Waals surface area (Å²) in [6.45, 7) is 2.08. The molecule has 1 heterocycles. The first-order valence-electron chi connectivity index (χ1n) is 5.53. The highest BCUT2D eigenvalue weighted by Crippen LogP contribution is 2.40. The van der Waals surface area contributed by atoms with Gasteiger partial charge in [-0.3, -0.25) is 0 Å². The average molecular weight is 307 g/mol. The molecular weight excluding hydrogens is 296 g/mol. The minimum atomic E-state index is 0.408. The molecule has 0 aliphatic carbocycles.